The lowest BCUT2D eigenvalue weighted by Gasteiger charge is -2.27. The van der Waals surface area contributed by atoms with Crippen LogP contribution in [-0.4, -0.2) is 23.6 Å². The van der Waals surface area contributed by atoms with Gasteiger partial charge in [0, 0.05) is 24.8 Å². The maximum atomic E-state index is 6.25. The first kappa shape index (κ1) is 15.0. The van der Waals surface area contributed by atoms with Crippen molar-refractivity contribution < 1.29 is 0 Å². The molecule has 1 aliphatic rings. The standard InChI is InChI=1S/C16H17ClIN3/c1-3-12-14(18)15(17)20-16(19-12)11-6-7-13-10(9-11)5-4-8-21(13)2/h6-7,9H,3-5,8H2,1-2H3. The molecule has 0 aliphatic carbocycles. The van der Waals surface area contributed by atoms with Crippen molar-refractivity contribution in [3.05, 3.63) is 38.2 Å². The summed E-state index contributed by atoms with van der Waals surface area (Å²) in [5.74, 6) is 0.730. The van der Waals surface area contributed by atoms with Crippen LogP contribution in [0, 0.1) is 3.57 Å². The van der Waals surface area contributed by atoms with Crippen molar-refractivity contribution in [2.75, 3.05) is 18.5 Å². The quantitative estimate of drug-likeness (QED) is 0.541. The molecule has 0 radical (unpaired) electrons. The highest BCUT2D eigenvalue weighted by Crippen LogP contribution is 2.31. The highest BCUT2D eigenvalue weighted by Gasteiger charge is 2.16. The summed E-state index contributed by atoms with van der Waals surface area (Å²) in [6.07, 6.45) is 3.18. The van der Waals surface area contributed by atoms with Gasteiger partial charge in [0.25, 0.3) is 0 Å². The molecule has 0 atom stereocenters. The van der Waals surface area contributed by atoms with Crippen molar-refractivity contribution in [2.24, 2.45) is 0 Å². The molecule has 0 saturated carbocycles. The number of aromatic nitrogens is 2. The predicted octanol–water partition coefficient (Wildman–Crippen LogP) is 4.35. The Morgan fingerprint density at radius 1 is 1.33 bits per heavy atom. The SMILES string of the molecule is CCc1nc(-c2ccc3c(c2)CCCN3C)nc(Cl)c1I. The molecule has 2 aromatic rings. The van der Waals surface area contributed by atoms with Gasteiger partial charge in [-0.3, -0.25) is 0 Å². The Kier molecular flexibility index (Phi) is 4.36. The van der Waals surface area contributed by atoms with Crippen molar-refractivity contribution in [2.45, 2.75) is 26.2 Å². The average Bonchev–Trinajstić information content (AvgIpc) is 2.50. The maximum Gasteiger partial charge on any atom is 0.161 e. The van der Waals surface area contributed by atoms with E-state index < -0.39 is 0 Å². The van der Waals surface area contributed by atoms with Crippen molar-refractivity contribution in [1.29, 1.82) is 0 Å². The summed E-state index contributed by atoms with van der Waals surface area (Å²) >= 11 is 8.46. The van der Waals surface area contributed by atoms with Crippen LogP contribution in [0.2, 0.25) is 5.15 Å². The summed E-state index contributed by atoms with van der Waals surface area (Å²) in [7, 11) is 2.14. The van der Waals surface area contributed by atoms with E-state index in [1.807, 2.05) is 0 Å². The Balaban J connectivity index is 2.07. The number of aryl methyl sites for hydroxylation is 2. The molecule has 1 aromatic heterocycles. The Labute approximate surface area is 143 Å². The van der Waals surface area contributed by atoms with E-state index in [1.54, 1.807) is 0 Å². The Morgan fingerprint density at radius 3 is 2.90 bits per heavy atom. The van der Waals surface area contributed by atoms with E-state index in [0.717, 1.165) is 40.0 Å². The third kappa shape index (κ3) is 2.88. The molecule has 1 aliphatic heterocycles. The molecule has 0 saturated heterocycles. The lowest BCUT2D eigenvalue weighted by atomic mass is 9.99. The van der Waals surface area contributed by atoms with E-state index in [4.69, 9.17) is 11.6 Å². The minimum absolute atomic E-state index is 0.548. The second-order valence-electron chi connectivity index (χ2n) is 5.32. The summed E-state index contributed by atoms with van der Waals surface area (Å²) in [6, 6.07) is 6.48. The fourth-order valence-corrected chi connectivity index (χ4v) is 3.56. The van der Waals surface area contributed by atoms with Gasteiger partial charge in [-0.15, -0.1) is 0 Å². The summed E-state index contributed by atoms with van der Waals surface area (Å²) in [6.45, 7) is 3.21. The number of benzene rings is 1. The Morgan fingerprint density at radius 2 is 2.14 bits per heavy atom. The zero-order valence-corrected chi connectivity index (χ0v) is 15.1. The van der Waals surface area contributed by atoms with Crippen LogP contribution in [0.15, 0.2) is 18.2 Å². The smallest absolute Gasteiger partial charge is 0.161 e. The van der Waals surface area contributed by atoms with E-state index in [9.17, 15) is 0 Å². The molecule has 21 heavy (non-hydrogen) atoms. The number of hydrogen-bond donors (Lipinski definition) is 0. The van der Waals surface area contributed by atoms with Crippen LogP contribution in [0.1, 0.15) is 24.6 Å². The molecule has 0 amide bonds. The zero-order chi connectivity index (χ0) is 15.0. The van der Waals surface area contributed by atoms with Crippen molar-refractivity contribution in [1.82, 2.24) is 9.97 Å². The van der Waals surface area contributed by atoms with Gasteiger partial charge in [-0.1, -0.05) is 18.5 Å². The number of hydrogen-bond acceptors (Lipinski definition) is 3. The fourth-order valence-electron chi connectivity index (χ4n) is 2.75. The second-order valence-corrected chi connectivity index (χ2v) is 6.76. The van der Waals surface area contributed by atoms with Gasteiger partial charge < -0.3 is 4.90 Å². The van der Waals surface area contributed by atoms with Crippen molar-refractivity contribution in [3.8, 4) is 11.4 Å². The number of fused-ring (bicyclic) bond motifs is 1. The summed E-state index contributed by atoms with van der Waals surface area (Å²) in [5.41, 5.74) is 4.76. The summed E-state index contributed by atoms with van der Waals surface area (Å²) in [4.78, 5) is 11.4. The van der Waals surface area contributed by atoms with Crippen molar-refractivity contribution in [3.63, 3.8) is 0 Å². The van der Waals surface area contributed by atoms with Crippen LogP contribution in [0.4, 0.5) is 5.69 Å². The van der Waals surface area contributed by atoms with Gasteiger partial charge in [-0.25, -0.2) is 9.97 Å². The number of rotatable bonds is 2. The minimum atomic E-state index is 0.548. The molecule has 5 heteroatoms. The summed E-state index contributed by atoms with van der Waals surface area (Å²) in [5, 5.41) is 0.548. The van der Waals surface area contributed by atoms with Gasteiger partial charge in [0.05, 0.1) is 9.26 Å². The lowest BCUT2D eigenvalue weighted by molar-refractivity contribution is 0.744. The molecule has 0 fully saturated rings. The van der Waals surface area contributed by atoms with E-state index in [2.05, 4.69) is 69.6 Å². The zero-order valence-electron chi connectivity index (χ0n) is 12.2. The Bertz CT molecular complexity index is 687. The van der Waals surface area contributed by atoms with Gasteiger partial charge in [0.1, 0.15) is 5.15 Å². The molecule has 110 valence electrons. The largest absolute Gasteiger partial charge is 0.374 e. The van der Waals surface area contributed by atoms with Crippen LogP contribution in [0.25, 0.3) is 11.4 Å². The first-order valence-electron chi connectivity index (χ1n) is 7.16. The van der Waals surface area contributed by atoms with Gasteiger partial charge in [0.2, 0.25) is 0 Å². The first-order valence-corrected chi connectivity index (χ1v) is 8.62. The lowest BCUT2D eigenvalue weighted by Crippen LogP contribution is -2.24. The molecule has 1 aromatic carbocycles. The number of nitrogens with zero attached hydrogens (tertiary/aromatic N) is 3. The highest BCUT2D eigenvalue weighted by molar-refractivity contribution is 14.1. The van der Waals surface area contributed by atoms with E-state index >= 15 is 0 Å². The van der Waals surface area contributed by atoms with Crippen LogP contribution in [0.5, 0.6) is 0 Å². The highest BCUT2D eigenvalue weighted by atomic mass is 127. The molecule has 0 unspecified atom stereocenters. The Hall–Kier alpha value is -0.880. The van der Waals surface area contributed by atoms with Crippen molar-refractivity contribution >= 4 is 39.9 Å². The monoisotopic (exact) mass is 413 g/mol. The molecular weight excluding hydrogens is 397 g/mol. The topological polar surface area (TPSA) is 29.0 Å². The van der Waals surface area contributed by atoms with E-state index in [1.165, 1.54) is 17.7 Å². The van der Waals surface area contributed by atoms with Gasteiger partial charge in [-0.05, 0) is 65.6 Å². The van der Waals surface area contributed by atoms with Crippen LogP contribution in [0.3, 0.4) is 0 Å². The molecule has 0 bridgehead atoms. The second kappa shape index (κ2) is 6.08. The van der Waals surface area contributed by atoms with E-state index in [0.29, 0.717) is 5.15 Å². The number of halogens is 2. The molecular formula is C16H17ClIN3. The minimum Gasteiger partial charge on any atom is -0.374 e. The van der Waals surface area contributed by atoms with Gasteiger partial charge in [-0.2, -0.15) is 0 Å². The first-order chi connectivity index (χ1) is 10.1. The van der Waals surface area contributed by atoms with Crippen LogP contribution >= 0.6 is 34.2 Å². The average molecular weight is 414 g/mol. The third-order valence-electron chi connectivity index (χ3n) is 3.90. The third-order valence-corrected chi connectivity index (χ3v) is 5.63. The molecule has 3 nitrogen and oxygen atoms in total. The molecule has 3 rings (SSSR count). The predicted molar refractivity (Wildman–Crippen MR) is 96.2 cm³/mol. The normalized spacial score (nSPS) is 14.2. The molecule has 0 N–H and O–H groups in total. The molecule has 2 heterocycles. The number of anilines is 1. The summed E-state index contributed by atoms with van der Waals surface area (Å²) < 4.78 is 0.957. The van der Waals surface area contributed by atoms with E-state index in [-0.39, 0.29) is 0 Å². The van der Waals surface area contributed by atoms with Gasteiger partial charge >= 0.3 is 0 Å². The van der Waals surface area contributed by atoms with Gasteiger partial charge in [0.15, 0.2) is 5.82 Å². The fraction of sp³-hybridized carbons (Fsp3) is 0.375. The maximum absolute atomic E-state index is 6.25. The van der Waals surface area contributed by atoms with Crippen LogP contribution < -0.4 is 4.90 Å². The molecule has 0 spiro atoms. The van der Waals surface area contributed by atoms with Crippen LogP contribution in [-0.2, 0) is 12.8 Å².